The van der Waals surface area contributed by atoms with Gasteiger partial charge >= 0.3 is 0 Å². The van der Waals surface area contributed by atoms with Gasteiger partial charge in [-0.15, -0.1) is 10.2 Å². The molecular formula is C11H14N6O2. The highest BCUT2D eigenvalue weighted by molar-refractivity contribution is 5.90. The molecular weight excluding hydrogens is 248 g/mol. The van der Waals surface area contributed by atoms with Gasteiger partial charge in [0.25, 0.3) is 11.7 Å². The molecule has 2 aromatic rings. The van der Waals surface area contributed by atoms with Crippen LogP contribution in [0.1, 0.15) is 16.4 Å². The molecule has 100 valence electrons. The molecule has 1 N–H and O–H groups in total. The number of furan rings is 1. The van der Waals surface area contributed by atoms with Gasteiger partial charge in [-0.1, -0.05) is 0 Å². The highest BCUT2D eigenvalue weighted by Gasteiger charge is 2.24. The second-order valence-corrected chi connectivity index (χ2v) is 4.38. The molecule has 1 saturated heterocycles. The van der Waals surface area contributed by atoms with Gasteiger partial charge in [-0.2, -0.15) is 5.21 Å². The van der Waals surface area contributed by atoms with Crippen molar-refractivity contribution < 1.29 is 9.21 Å². The van der Waals surface area contributed by atoms with Gasteiger partial charge in [0.15, 0.2) is 0 Å². The van der Waals surface area contributed by atoms with Crippen LogP contribution in [0.5, 0.6) is 0 Å². The zero-order valence-corrected chi connectivity index (χ0v) is 10.3. The first-order chi connectivity index (χ1) is 9.33. The Kier molecular flexibility index (Phi) is 3.23. The third kappa shape index (κ3) is 2.63. The van der Waals surface area contributed by atoms with Gasteiger partial charge in [-0.3, -0.25) is 9.69 Å². The van der Waals surface area contributed by atoms with Crippen LogP contribution in [0.4, 0.5) is 0 Å². The molecule has 2 aromatic heterocycles. The van der Waals surface area contributed by atoms with E-state index in [0.717, 1.165) is 25.4 Å². The molecule has 0 aliphatic carbocycles. The first-order valence-electron chi connectivity index (χ1n) is 6.10. The van der Waals surface area contributed by atoms with Crippen LogP contribution in [-0.4, -0.2) is 62.5 Å². The van der Waals surface area contributed by atoms with Gasteiger partial charge in [0, 0.05) is 26.2 Å². The Morgan fingerprint density at radius 3 is 2.84 bits per heavy atom. The predicted molar refractivity (Wildman–Crippen MR) is 64.1 cm³/mol. The van der Waals surface area contributed by atoms with Crippen LogP contribution in [0.15, 0.2) is 22.8 Å². The van der Waals surface area contributed by atoms with Gasteiger partial charge in [0.05, 0.1) is 12.8 Å². The molecule has 1 aliphatic heterocycles. The SMILES string of the molecule is O=C(c1nn[nH]n1)N1CCN(Cc2ccco2)CC1. The first-order valence-corrected chi connectivity index (χ1v) is 6.10. The molecule has 8 heteroatoms. The fourth-order valence-electron chi connectivity index (χ4n) is 2.13. The molecule has 8 nitrogen and oxygen atoms in total. The van der Waals surface area contributed by atoms with Crippen LogP contribution in [0, 0.1) is 0 Å². The molecule has 1 amide bonds. The summed E-state index contributed by atoms with van der Waals surface area (Å²) in [7, 11) is 0. The number of carbonyl (C=O) groups excluding carboxylic acids is 1. The largest absolute Gasteiger partial charge is 0.468 e. The lowest BCUT2D eigenvalue weighted by Gasteiger charge is -2.33. The van der Waals surface area contributed by atoms with Gasteiger partial charge < -0.3 is 9.32 Å². The minimum atomic E-state index is -0.175. The average Bonchev–Trinajstić information content (AvgIpc) is 3.12. The number of nitrogens with one attached hydrogen (secondary N) is 1. The van der Waals surface area contributed by atoms with Crippen molar-refractivity contribution >= 4 is 5.91 Å². The Morgan fingerprint density at radius 1 is 1.37 bits per heavy atom. The second-order valence-electron chi connectivity index (χ2n) is 4.38. The monoisotopic (exact) mass is 262 g/mol. The second kappa shape index (κ2) is 5.19. The molecule has 0 spiro atoms. The number of hydrogen-bond acceptors (Lipinski definition) is 6. The predicted octanol–water partition coefficient (Wildman–Crippen LogP) is -0.249. The zero-order valence-electron chi connectivity index (χ0n) is 10.3. The average molecular weight is 262 g/mol. The van der Waals surface area contributed by atoms with Crippen molar-refractivity contribution in [2.45, 2.75) is 6.54 Å². The minimum absolute atomic E-state index is 0.125. The quantitative estimate of drug-likeness (QED) is 0.820. The number of tetrazole rings is 1. The summed E-state index contributed by atoms with van der Waals surface area (Å²) in [5, 5.41) is 13.1. The number of hydrogen-bond donors (Lipinski definition) is 1. The Hall–Kier alpha value is -2.22. The summed E-state index contributed by atoms with van der Waals surface area (Å²) >= 11 is 0. The van der Waals surface area contributed by atoms with E-state index in [1.807, 2.05) is 12.1 Å². The van der Waals surface area contributed by atoms with Crippen LogP contribution in [0.25, 0.3) is 0 Å². The Morgan fingerprint density at radius 2 is 2.21 bits per heavy atom. The van der Waals surface area contributed by atoms with Crippen LogP contribution in [-0.2, 0) is 6.54 Å². The van der Waals surface area contributed by atoms with Crippen molar-refractivity contribution in [3.8, 4) is 0 Å². The summed E-state index contributed by atoms with van der Waals surface area (Å²) in [6, 6.07) is 3.84. The molecule has 0 saturated carbocycles. The molecule has 19 heavy (non-hydrogen) atoms. The van der Waals surface area contributed by atoms with E-state index in [1.165, 1.54) is 0 Å². The number of aromatic nitrogens is 4. The smallest absolute Gasteiger partial charge is 0.295 e. The molecule has 3 heterocycles. The Labute approximate surface area is 109 Å². The van der Waals surface area contributed by atoms with Gasteiger partial charge in [0.2, 0.25) is 0 Å². The van der Waals surface area contributed by atoms with Crippen LogP contribution < -0.4 is 0 Å². The summed E-state index contributed by atoms with van der Waals surface area (Å²) < 4.78 is 5.31. The summed E-state index contributed by atoms with van der Waals surface area (Å²) in [6.45, 7) is 3.72. The van der Waals surface area contributed by atoms with Gasteiger partial charge in [-0.25, -0.2) is 0 Å². The summed E-state index contributed by atoms with van der Waals surface area (Å²) in [6.07, 6.45) is 1.67. The lowest BCUT2D eigenvalue weighted by atomic mass is 10.3. The maximum Gasteiger partial charge on any atom is 0.295 e. The van der Waals surface area contributed by atoms with Gasteiger partial charge in [0.1, 0.15) is 5.76 Å². The van der Waals surface area contributed by atoms with Gasteiger partial charge in [-0.05, 0) is 17.3 Å². The summed E-state index contributed by atoms with van der Waals surface area (Å²) in [5.41, 5.74) is 0. The van der Waals surface area contributed by atoms with Crippen molar-refractivity contribution in [3.63, 3.8) is 0 Å². The molecule has 0 atom stereocenters. The number of nitrogens with zero attached hydrogens (tertiary/aromatic N) is 5. The number of amides is 1. The maximum absolute atomic E-state index is 12.0. The fraction of sp³-hybridized carbons (Fsp3) is 0.455. The van der Waals surface area contributed by atoms with Crippen molar-refractivity contribution in [1.29, 1.82) is 0 Å². The van der Waals surface area contributed by atoms with Crippen molar-refractivity contribution in [2.75, 3.05) is 26.2 Å². The molecule has 0 bridgehead atoms. The van der Waals surface area contributed by atoms with E-state index in [0.29, 0.717) is 13.1 Å². The van der Waals surface area contributed by atoms with Crippen LogP contribution in [0.2, 0.25) is 0 Å². The molecule has 0 unspecified atom stereocenters. The lowest BCUT2D eigenvalue weighted by molar-refractivity contribution is 0.0608. The van der Waals surface area contributed by atoms with E-state index < -0.39 is 0 Å². The number of rotatable bonds is 3. The number of piperazine rings is 1. The standard InChI is InChI=1S/C11H14N6O2/c18-11(10-12-14-15-13-10)17-5-3-16(4-6-17)8-9-2-1-7-19-9/h1-2,7H,3-6,8H2,(H,12,13,14,15). The summed E-state index contributed by atoms with van der Waals surface area (Å²) in [4.78, 5) is 16.0. The van der Waals surface area contributed by atoms with E-state index in [2.05, 4.69) is 25.5 Å². The van der Waals surface area contributed by atoms with Crippen LogP contribution >= 0.6 is 0 Å². The maximum atomic E-state index is 12.0. The van der Waals surface area contributed by atoms with Crippen molar-refractivity contribution in [2.24, 2.45) is 0 Å². The Bertz CT molecular complexity index is 515. The van der Waals surface area contributed by atoms with E-state index in [4.69, 9.17) is 4.42 Å². The van der Waals surface area contributed by atoms with E-state index in [9.17, 15) is 4.79 Å². The molecule has 3 rings (SSSR count). The third-order valence-corrected chi connectivity index (χ3v) is 3.16. The molecule has 1 fully saturated rings. The fourth-order valence-corrected chi connectivity index (χ4v) is 2.13. The molecule has 0 radical (unpaired) electrons. The van der Waals surface area contributed by atoms with Crippen LogP contribution in [0.3, 0.4) is 0 Å². The van der Waals surface area contributed by atoms with E-state index >= 15 is 0 Å². The zero-order chi connectivity index (χ0) is 13.1. The first kappa shape index (κ1) is 11.8. The topological polar surface area (TPSA) is 91.1 Å². The molecule has 0 aromatic carbocycles. The normalized spacial score (nSPS) is 16.7. The number of H-pyrrole nitrogens is 1. The van der Waals surface area contributed by atoms with E-state index in [-0.39, 0.29) is 11.7 Å². The summed E-state index contributed by atoms with van der Waals surface area (Å²) in [5.74, 6) is 0.892. The minimum Gasteiger partial charge on any atom is -0.468 e. The van der Waals surface area contributed by atoms with Crippen molar-refractivity contribution in [3.05, 3.63) is 30.0 Å². The number of carbonyl (C=O) groups is 1. The lowest BCUT2D eigenvalue weighted by Crippen LogP contribution is -2.48. The highest BCUT2D eigenvalue weighted by atomic mass is 16.3. The third-order valence-electron chi connectivity index (χ3n) is 3.16. The molecule has 1 aliphatic rings. The highest BCUT2D eigenvalue weighted by Crippen LogP contribution is 2.10. The van der Waals surface area contributed by atoms with Crippen molar-refractivity contribution in [1.82, 2.24) is 30.4 Å². The number of aromatic amines is 1. The Balaban J connectivity index is 1.53. The van der Waals surface area contributed by atoms with E-state index in [1.54, 1.807) is 11.2 Å².